The lowest BCUT2D eigenvalue weighted by Crippen LogP contribution is -2.47. The highest BCUT2D eigenvalue weighted by Gasteiger charge is 2.24. The summed E-state index contributed by atoms with van der Waals surface area (Å²) in [6, 6.07) is 15.8. The number of ether oxygens (including phenoxy) is 1. The number of fused-ring (bicyclic) bond motifs is 1. The normalized spacial score (nSPS) is 16.8. The van der Waals surface area contributed by atoms with Gasteiger partial charge in [-0.05, 0) is 30.7 Å². The summed E-state index contributed by atoms with van der Waals surface area (Å²) in [7, 11) is 1.83. The number of nitrogens with one attached hydrogen (secondary N) is 1. The van der Waals surface area contributed by atoms with Crippen LogP contribution >= 0.6 is 0 Å². The fraction of sp³-hybridized carbons (Fsp3) is 0.320. The van der Waals surface area contributed by atoms with Gasteiger partial charge in [0.2, 0.25) is 0 Å². The van der Waals surface area contributed by atoms with Gasteiger partial charge in [0, 0.05) is 33.2 Å². The summed E-state index contributed by atoms with van der Waals surface area (Å²) < 4.78 is 13.1. The minimum absolute atomic E-state index is 0.0664. The van der Waals surface area contributed by atoms with Crippen LogP contribution in [0.15, 0.2) is 59.2 Å². The smallest absolute Gasteiger partial charge is 0.252 e. The number of hydrogen-bond donors (Lipinski definition) is 1. The van der Waals surface area contributed by atoms with Gasteiger partial charge in [-0.25, -0.2) is 4.98 Å². The number of nitrogens with zero attached hydrogens (tertiary/aromatic N) is 4. The van der Waals surface area contributed by atoms with Gasteiger partial charge in [-0.2, -0.15) is 5.10 Å². The highest BCUT2D eigenvalue weighted by Crippen LogP contribution is 2.27. The Labute approximate surface area is 192 Å². The minimum Gasteiger partial charge on any atom is -0.463 e. The first-order chi connectivity index (χ1) is 16.1. The molecule has 1 unspecified atom stereocenters. The first-order valence-corrected chi connectivity index (χ1v) is 11.1. The highest BCUT2D eigenvalue weighted by molar-refractivity contribution is 6.07. The van der Waals surface area contributed by atoms with E-state index in [1.54, 1.807) is 23.1 Å². The Kier molecular flexibility index (Phi) is 5.93. The molecule has 0 bridgehead atoms. The summed E-state index contributed by atoms with van der Waals surface area (Å²) in [4.78, 5) is 20.3. The summed E-state index contributed by atoms with van der Waals surface area (Å²) >= 11 is 0. The number of carbonyl (C=O) groups excluding carboxylic acids is 1. The zero-order valence-corrected chi connectivity index (χ0v) is 18.8. The van der Waals surface area contributed by atoms with Crippen molar-refractivity contribution in [3.05, 3.63) is 71.6 Å². The molecule has 1 amide bonds. The molecule has 0 saturated carbocycles. The fourth-order valence-electron chi connectivity index (χ4n) is 4.37. The van der Waals surface area contributed by atoms with Crippen molar-refractivity contribution in [2.24, 2.45) is 7.05 Å². The monoisotopic (exact) mass is 445 g/mol. The Morgan fingerprint density at radius 2 is 2.06 bits per heavy atom. The van der Waals surface area contributed by atoms with Crippen LogP contribution in [0.5, 0.6) is 0 Å². The van der Waals surface area contributed by atoms with Crippen LogP contribution in [0, 0.1) is 6.92 Å². The van der Waals surface area contributed by atoms with E-state index in [9.17, 15) is 4.79 Å². The molecule has 170 valence electrons. The number of morpholine rings is 1. The SMILES string of the molecule is Cc1nn(C)c2nc(-c3ccco3)cc(C(=O)NCC3CN(Cc4ccccc4)CCO3)c12. The van der Waals surface area contributed by atoms with Gasteiger partial charge < -0.3 is 14.5 Å². The molecular weight excluding hydrogens is 418 g/mol. The Balaban J connectivity index is 1.32. The minimum atomic E-state index is -0.171. The molecule has 1 aliphatic heterocycles. The van der Waals surface area contributed by atoms with Crippen LogP contribution in [0.2, 0.25) is 0 Å². The van der Waals surface area contributed by atoms with Gasteiger partial charge in [-0.3, -0.25) is 14.4 Å². The first kappa shape index (κ1) is 21.4. The zero-order valence-electron chi connectivity index (χ0n) is 18.8. The summed E-state index contributed by atoms with van der Waals surface area (Å²) in [6.07, 6.45) is 1.53. The van der Waals surface area contributed by atoms with E-state index in [4.69, 9.17) is 9.15 Å². The second-order valence-electron chi connectivity index (χ2n) is 8.36. The molecule has 0 radical (unpaired) electrons. The maximum absolute atomic E-state index is 13.3. The molecule has 1 saturated heterocycles. The number of benzene rings is 1. The number of rotatable bonds is 6. The molecule has 3 aromatic heterocycles. The maximum atomic E-state index is 13.3. The second-order valence-corrected chi connectivity index (χ2v) is 8.36. The van der Waals surface area contributed by atoms with Crippen molar-refractivity contribution in [1.29, 1.82) is 0 Å². The molecule has 1 aromatic carbocycles. The van der Waals surface area contributed by atoms with Crippen molar-refractivity contribution >= 4 is 16.9 Å². The number of hydrogen-bond acceptors (Lipinski definition) is 6. The van der Waals surface area contributed by atoms with Gasteiger partial charge >= 0.3 is 0 Å². The Hall–Kier alpha value is -3.49. The van der Waals surface area contributed by atoms with Crippen molar-refractivity contribution in [3.63, 3.8) is 0 Å². The van der Waals surface area contributed by atoms with Gasteiger partial charge in [-0.15, -0.1) is 0 Å². The van der Waals surface area contributed by atoms with E-state index in [0.717, 1.165) is 30.7 Å². The summed E-state index contributed by atoms with van der Waals surface area (Å²) in [6.45, 7) is 5.50. The number of carbonyl (C=O) groups is 1. The lowest BCUT2D eigenvalue weighted by Gasteiger charge is -2.33. The van der Waals surface area contributed by atoms with Gasteiger partial charge in [0.25, 0.3) is 5.91 Å². The van der Waals surface area contributed by atoms with Gasteiger partial charge in [0.05, 0.1) is 35.6 Å². The molecule has 4 aromatic rings. The molecule has 5 rings (SSSR count). The van der Waals surface area contributed by atoms with Crippen molar-refractivity contribution in [1.82, 2.24) is 25.0 Å². The van der Waals surface area contributed by atoms with Crippen LogP contribution in [0.25, 0.3) is 22.5 Å². The van der Waals surface area contributed by atoms with Crippen LogP contribution in [-0.2, 0) is 18.3 Å². The average molecular weight is 446 g/mol. The van der Waals surface area contributed by atoms with Crippen LogP contribution in [-0.4, -0.2) is 57.9 Å². The highest BCUT2D eigenvalue weighted by atomic mass is 16.5. The summed E-state index contributed by atoms with van der Waals surface area (Å²) in [5.41, 5.74) is 3.82. The Morgan fingerprint density at radius 3 is 2.85 bits per heavy atom. The Bertz CT molecular complexity index is 1250. The quantitative estimate of drug-likeness (QED) is 0.491. The van der Waals surface area contributed by atoms with Crippen molar-refractivity contribution < 1.29 is 13.9 Å². The van der Waals surface area contributed by atoms with E-state index in [2.05, 4.69) is 44.6 Å². The van der Waals surface area contributed by atoms with E-state index in [1.807, 2.05) is 26.1 Å². The molecular formula is C25H27N5O3. The maximum Gasteiger partial charge on any atom is 0.252 e. The van der Waals surface area contributed by atoms with Crippen molar-refractivity contribution in [2.45, 2.75) is 19.6 Å². The standard InChI is InChI=1S/C25H27N5O3/c1-17-23-20(13-21(22-9-6-11-33-22)27-24(23)29(2)28-17)25(31)26-14-19-16-30(10-12-32-19)15-18-7-4-3-5-8-18/h3-9,11,13,19H,10,12,14-16H2,1-2H3,(H,26,31). The molecule has 33 heavy (non-hydrogen) atoms. The number of aromatic nitrogens is 3. The van der Waals surface area contributed by atoms with E-state index in [0.29, 0.717) is 35.8 Å². The molecule has 1 atom stereocenters. The lowest BCUT2D eigenvalue weighted by molar-refractivity contribution is -0.0292. The van der Waals surface area contributed by atoms with Gasteiger partial charge in [-0.1, -0.05) is 30.3 Å². The molecule has 1 fully saturated rings. The largest absolute Gasteiger partial charge is 0.463 e. The number of pyridine rings is 1. The van der Waals surface area contributed by atoms with E-state index < -0.39 is 0 Å². The van der Waals surface area contributed by atoms with E-state index in [-0.39, 0.29) is 12.0 Å². The van der Waals surface area contributed by atoms with Gasteiger partial charge in [0.1, 0.15) is 5.69 Å². The molecule has 8 heteroatoms. The number of furan rings is 1. The first-order valence-electron chi connectivity index (χ1n) is 11.1. The third-order valence-electron chi connectivity index (χ3n) is 5.95. The van der Waals surface area contributed by atoms with E-state index >= 15 is 0 Å². The molecule has 0 spiro atoms. The second kappa shape index (κ2) is 9.17. The fourth-order valence-corrected chi connectivity index (χ4v) is 4.37. The summed E-state index contributed by atoms with van der Waals surface area (Å²) in [5.74, 6) is 0.437. The van der Waals surface area contributed by atoms with Crippen molar-refractivity contribution in [2.75, 3.05) is 26.2 Å². The van der Waals surface area contributed by atoms with E-state index in [1.165, 1.54) is 5.56 Å². The number of amides is 1. The number of aryl methyl sites for hydroxylation is 2. The average Bonchev–Trinajstić information content (AvgIpc) is 3.46. The Morgan fingerprint density at radius 1 is 1.21 bits per heavy atom. The predicted molar refractivity (Wildman–Crippen MR) is 125 cm³/mol. The van der Waals surface area contributed by atoms with Crippen LogP contribution in [0.4, 0.5) is 0 Å². The molecule has 8 nitrogen and oxygen atoms in total. The third-order valence-corrected chi connectivity index (χ3v) is 5.95. The predicted octanol–water partition coefficient (Wildman–Crippen LogP) is 3.17. The molecule has 1 aliphatic rings. The van der Waals surface area contributed by atoms with Crippen molar-refractivity contribution in [3.8, 4) is 11.5 Å². The third kappa shape index (κ3) is 4.53. The molecule has 4 heterocycles. The molecule has 1 N–H and O–H groups in total. The molecule has 0 aliphatic carbocycles. The van der Waals surface area contributed by atoms with Crippen LogP contribution in [0.3, 0.4) is 0 Å². The lowest BCUT2D eigenvalue weighted by atomic mass is 10.1. The van der Waals surface area contributed by atoms with Gasteiger partial charge in [0.15, 0.2) is 11.4 Å². The topological polar surface area (TPSA) is 85.4 Å². The van der Waals surface area contributed by atoms with Crippen LogP contribution < -0.4 is 5.32 Å². The zero-order chi connectivity index (χ0) is 22.8. The summed E-state index contributed by atoms with van der Waals surface area (Å²) in [5, 5.41) is 8.29. The van der Waals surface area contributed by atoms with Crippen LogP contribution in [0.1, 0.15) is 21.6 Å².